The quantitative estimate of drug-likeness (QED) is 0.751. The number of nitrogens with two attached hydrogens (primary N) is 1. The van der Waals surface area contributed by atoms with Gasteiger partial charge < -0.3 is 14.8 Å². The molecule has 2 aliphatic heterocycles. The van der Waals surface area contributed by atoms with Crippen molar-refractivity contribution in [1.29, 1.82) is 0 Å². The number of amides is 2. The van der Waals surface area contributed by atoms with Gasteiger partial charge in [-0.3, -0.25) is 9.59 Å². The molecule has 0 aliphatic carbocycles. The lowest BCUT2D eigenvalue weighted by atomic mass is 10.2. The van der Waals surface area contributed by atoms with Crippen LogP contribution in [0.15, 0.2) is 24.3 Å². The van der Waals surface area contributed by atoms with E-state index in [1.54, 1.807) is 24.3 Å². The van der Waals surface area contributed by atoms with Crippen LogP contribution in [-0.4, -0.2) is 43.7 Å². The zero-order valence-corrected chi connectivity index (χ0v) is 14.1. The lowest BCUT2D eigenvalue weighted by Crippen LogP contribution is -2.93. The number of benzene rings is 1. The number of anilines is 1. The van der Waals surface area contributed by atoms with Crippen molar-refractivity contribution in [3.8, 4) is 5.75 Å². The van der Waals surface area contributed by atoms with Crippen LogP contribution in [0, 0.1) is 0 Å². The highest BCUT2D eigenvalue weighted by Gasteiger charge is 2.42. The Morgan fingerprint density at radius 3 is 2.75 bits per heavy atom. The molecule has 24 heavy (non-hydrogen) atoms. The highest BCUT2D eigenvalue weighted by molar-refractivity contribution is 6.21. The molecule has 2 aliphatic rings. The van der Waals surface area contributed by atoms with E-state index in [1.165, 1.54) is 4.90 Å². The van der Waals surface area contributed by atoms with Crippen molar-refractivity contribution in [1.82, 2.24) is 0 Å². The van der Waals surface area contributed by atoms with Gasteiger partial charge >= 0.3 is 0 Å². The van der Waals surface area contributed by atoms with Crippen LogP contribution >= 0.6 is 0 Å². The smallest absolute Gasteiger partial charge is 0.292 e. The second-order valence-corrected chi connectivity index (χ2v) is 6.33. The van der Waals surface area contributed by atoms with E-state index >= 15 is 0 Å². The average molecular weight is 333 g/mol. The minimum absolute atomic E-state index is 0.139. The van der Waals surface area contributed by atoms with Crippen molar-refractivity contribution in [3.05, 3.63) is 24.3 Å². The maximum atomic E-state index is 12.6. The molecule has 2 atom stereocenters. The van der Waals surface area contributed by atoms with Crippen molar-refractivity contribution in [2.24, 2.45) is 0 Å². The first-order valence-electron chi connectivity index (χ1n) is 8.73. The lowest BCUT2D eigenvalue weighted by molar-refractivity contribution is -0.680. The summed E-state index contributed by atoms with van der Waals surface area (Å²) in [6.07, 6.45) is 3.51. The number of carbonyl (C=O) groups excluding carboxylic acids is 2. The van der Waals surface area contributed by atoms with Crippen LogP contribution in [0.25, 0.3) is 0 Å². The van der Waals surface area contributed by atoms with Gasteiger partial charge in [-0.25, -0.2) is 4.90 Å². The highest BCUT2D eigenvalue weighted by Crippen LogP contribution is 2.24. The molecule has 0 saturated carbocycles. The average Bonchev–Trinajstić information content (AvgIpc) is 3.20. The van der Waals surface area contributed by atoms with Gasteiger partial charge in [0.05, 0.1) is 18.7 Å². The number of nitrogens with zero attached hydrogens (tertiary/aromatic N) is 1. The second-order valence-electron chi connectivity index (χ2n) is 6.33. The van der Waals surface area contributed by atoms with Gasteiger partial charge in [-0.15, -0.1) is 0 Å². The number of imide groups is 1. The molecule has 3 rings (SSSR count). The summed E-state index contributed by atoms with van der Waals surface area (Å²) in [6.45, 7) is 4.24. The van der Waals surface area contributed by atoms with Gasteiger partial charge in [-0.05, 0) is 43.5 Å². The molecule has 0 unspecified atom stereocenters. The largest absolute Gasteiger partial charge is 0.494 e. The van der Waals surface area contributed by atoms with E-state index in [4.69, 9.17) is 9.47 Å². The Balaban J connectivity index is 1.60. The molecular formula is C18H25N2O4+. The van der Waals surface area contributed by atoms with Crippen LogP contribution in [0.2, 0.25) is 0 Å². The van der Waals surface area contributed by atoms with Crippen molar-refractivity contribution in [3.63, 3.8) is 0 Å². The van der Waals surface area contributed by atoms with Crippen molar-refractivity contribution in [2.45, 2.75) is 44.8 Å². The molecule has 2 fully saturated rings. The third-order valence-corrected chi connectivity index (χ3v) is 4.46. The molecule has 2 N–H and O–H groups in total. The first-order chi connectivity index (χ1) is 11.7. The summed E-state index contributed by atoms with van der Waals surface area (Å²) < 4.78 is 11.1. The van der Waals surface area contributed by atoms with Gasteiger partial charge in [-0.2, -0.15) is 0 Å². The van der Waals surface area contributed by atoms with Crippen LogP contribution in [0.5, 0.6) is 5.75 Å². The van der Waals surface area contributed by atoms with E-state index in [0.29, 0.717) is 12.3 Å². The molecule has 2 heterocycles. The second kappa shape index (κ2) is 7.77. The van der Waals surface area contributed by atoms with E-state index < -0.39 is 0 Å². The zero-order chi connectivity index (χ0) is 16.9. The van der Waals surface area contributed by atoms with E-state index in [1.807, 2.05) is 12.2 Å². The van der Waals surface area contributed by atoms with E-state index in [0.717, 1.165) is 38.2 Å². The van der Waals surface area contributed by atoms with Gasteiger partial charge in [0.25, 0.3) is 5.91 Å². The Kier molecular flexibility index (Phi) is 5.48. The lowest BCUT2D eigenvalue weighted by Gasteiger charge is -2.15. The van der Waals surface area contributed by atoms with Crippen LogP contribution in [0.1, 0.15) is 32.6 Å². The first kappa shape index (κ1) is 16.9. The molecule has 0 aromatic heterocycles. The maximum Gasteiger partial charge on any atom is 0.292 e. The molecule has 1 aromatic rings. The minimum Gasteiger partial charge on any atom is -0.494 e. The Hall–Kier alpha value is -1.92. The van der Waals surface area contributed by atoms with E-state index in [9.17, 15) is 9.59 Å². The number of ether oxygens (including phenoxy) is 2. The highest BCUT2D eigenvalue weighted by atomic mass is 16.5. The summed E-state index contributed by atoms with van der Waals surface area (Å²) >= 11 is 0. The van der Waals surface area contributed by atoms with Gasteiger partial charge in [0.15, 0.2) is 6.04 Å². The summed E-state index contributed by atoms with van der Waals surface area (Å²) in [5.74, 6) is 0.470. The molecule has 130 valence electrons. The third-order valence-electron chi connectivity index (χ3n) is 4.46. The number of hydrogen-bond acceptors (Lipinski definition) is 4. The van der Waals surface area contributed by atoms with Crippen molar-refractivity contribution in [2.75, 3.05) is 24.7 Å². The van der Waals surface area contributed by atoms with Gasteiger partial charge in [0, 0.05) is 6.61 Å². The van der Waals surface area contributed by atoms with Crippen LogP contribution in [-0.2, 0) is 14.3 Å². The molecule has 6 heteroatoms. The fraction of sp³-hybridized carbons (Fsp3) is 0.556. The topological polar surface area (TPSA) is 72.4 Å². The standard InChI is InChI=1S/C18H24N2O4/c1-2-9-23-14-7-5-13(6-8-14)20-17(21)11-16(18(20)22)19-12-15-4-3-10-24-15/h5-8,15-16,19H,2-4,9-12H2,1H3/p+1/t15-,16+/m0/s1. The van der Waals surface area contributed by atoms with Crippen molar-refractivity contribution < 1.29 is 24.4 Å². The van der Waals surface area contributed by atoms with E-state index in [2.05, 4.69) is 0 Å². The van der Waals surface area contributed by atoms with Crippen LogP contribution < -0.4 is 15.0 Å². The van der Waals surface area contributed by atoms with Gasteiger partial charge in [-0.1, -0.05) is 6.92 Å². The fourth-order valence-electron chi connectivity index (χ4n) is 3.17. The number of carbonyl (C=O) groups is 2. The fourth-order valence-corrected chi connectivity index (χ4v) is 3.17. The summed E-state index contributed by atoms with van der Waals surface area (Å²) in [5.41, 5.74) is 0.613. The predicted octanol–water partition coefficient (Wildman–Crippen LogP) is 0.850. The first-order valence-corrected chi connectivity index (χ1v) is 8.73. The Morgan fingerprint density at radius 2 is 2.08 bits per heavy atom. The number of rotatable bonds is 7. The molecule has 0 bridgehead atoms. The van der Waals surface area contributed by atoms with Crippen molar-refractivity contribution >= 4 is 17.5 Å². The van der Waals surface area contributed by atoms with Gasteiger partial charge in [0.1, 0.15) is 18.4 Å². The molecule has 2 saturated heterocycles. The normalized spacial score (nSPS) is 24.0. The summed E-state index contributed by atoms with van der Waals surface area (Å²) in [5, 5.41) is 1.95. The minimum atomic E-state index is -0.335. The van der Waals surface area contributed by atoms with E-state index in [-0.39, 0.29) is 30.4 Å². The van der Waals surface area contributed by atoms with Crippen LogP contribution in [0.3, 0.4) is 0 Å². The Morgan fingerprint density at radius 1 is 1.29 bits per heavy atom. The SMILES string of the molecule is CCCOc1ccc(N2C(=O)C[C@@H]([NH2+]C[C@@H]3CCCO3)C2=O)cc1. The molecule has 2 amide bonds. The summed E-state index contributed by atoms with van der Waals surface area (Å²) in [6, 6.07) is 6.80. The van der Waals surface area contributed by atoms with Crippen LogP contribution in [0.4, 0.5) is 5.69 Å². The molecule has 6 nitrogen and oxygen atoms in total. The molecule has 0 radical (unpaired) electrons. The Bertz CT molecular complexity index is 581. The predicted molar refractivity (Wildman–Crippen MR) is 88.9 cm³/mol. The zero-order valence-electron chi connectivity index (χ0n) is 14.1. The number of quaternary nitrogens is 1. The van der Waals surface area contributed by atoms with Gasteiger partial charge in [0.2, 0.25) is 5.91 Å². The summed E-state index contributed by atoms with van der Waals surface area (Å²) in [4.78, 5) is 26.1. The Labute approximate surface area is 142 Å². The number of hydrogen-bond donors (Lipinski definition) is 1. The summed E-state index contributed by atoms with van der Waals surface area (Å²) in [7, 11) is 0. The molecule has 1 aromatic carbocycles. The molecular weight excluding hydrogens is 308 g/mol. The monoisotopic (exact) mass is 333 g/mol. The third kappa shape index (κ3) is 3.76. The maximum absolute atomic E-state index is 12.6. The molecule has 0 spiro atoms.